The summed E-state index contributed by atoms with van der Waals surface area (Å²) in [5.74, 6) is -0.181. The van der Waals surface area contributed by atoms with E-state index in [0.29, 0.717) is 10.9 Å². The van der Waals surface area contributed by atoms with Crippen molar-refractivity contribution in [1.82, 2.24) is 9.55 Å². The predicted molar refractivity (Wildman–Crippen MR) is 119 cm³/mol. The Morgan fingerprint density at radius 1 is 0.933 bits per heavy atom. The third-order valence-corrected chi connectivity index (χ3v) is 5.59. The van der Waals surface area contributed by atoms with Crippen LogP contribution in [0.15, 0.2) is 58.1 Å². The van der Waals surface area contributed by atoms with Gasteiger partial charge in [-0.25, -0.2) is 4.79 Å². The number of hydrogen-bond donors (Lipinski definition) is 2. The number of para-hydroxylation sites is 1. The highest BCUT2D eigenvalue weighted by Crippen LogP contribution is 2.21. The molecular weight excluding hydrogens is 380 g/mol. The van der Waals surface area contributed by atoms with Crippen LogP contribution in [-0.2, 0) is 11.3 Å². The van der Waals surface area contributed by atoms with Crippen molar-refractivity contribution in [3.63, 3.8) is 0 Å². The molecule has 0 unspecified atom stereocenters. The number of nitrogens with one attached hydrogen (secondary N) is 2. The standard InChI is InChI=1S/C23H26N4O3/c28-21(13-16-27-20-8-4-3-7-19(20)22(29)25-23(27)30)24-17-9-11-18(12-10-17)26-14-5-1-2-6-15-26/h3-4,7-12H,1-2,5-6,13-16H2,(H,24,28)(H,25,29,30). The Kier molecular flexibility index (Phi) is 5.97. The first kappa shape index (κ1) is 19.9. The van der Waals surface area contributed by atoms with E-state index in [0.717, 1.165) is 18.8 Å². The average Bonchev–Trinajstić information content (AvgIpc) is 3.04. The minimum Gasteiger partial charge on any atom is -0.372 e. The van der Waals surface area contributed by atoms with E-state index in [1.54, 1.807) is 24.3 Å². The molecule has 2 heterocycles. The van der Waals surface area contributed by atoms with Crippen molar-refractivity contribution in [2.75, 3.05) is 23.3 Å². The van der Waals surface area contributed by atoms with Gasteiger partial charge in [-0.15, -0.1) is 0 Å². The maximum atomic E-state index is 12.4. The molecule has 0 spiro atoms. The maximum absolute atomic E-state index is 12.4. The number of hydrogen-bond acceptors (Lipinski definition) is 4. The SMILES string of the molecule is O=C(CCn1c(=O)[nH]c(=O)c2ccccc21)Nc1ccc(N2CCCCCC2)cc1. The van der Waals surface area contributed by atoms with Crippen LogP contribution in [0.3, 0.4) is 0 Å². The quantitative estimate of drug-likeness (QED) is 0.682. The smallest absolute Gasteiger partial charge is 0.328 e. The number of aromatic nitrogens is 2. The topological polar surface area (TPSA) is 87.2 Å². The summed E-state index contributed by atoms with van der Waals surface area (Å²) in [6.45, 7) is 2.34. The van der Waals surface area contributed by atoms with E-state index in [4.69, 9.17) is 0 Å². The number of aryl methyl sites for hydroxylation is 1. The van der Waals surface area contributed by atoms with Crippen molar-refractivity contribution in [3.8, 4) is 0 Å². The number of carbonyl (C=O) groups excluding carboxylic acids is 1. The van der Waals surface area contributed by atoms with E-state index < -0.39 is 11.2 Å². The van der Waals surface area contributed by atoms with Crippen molar-refractivity contribution in [1.29, 1.82) is 0 Å². The summed E-state index contributed by atoms with van der Waals surface area (Å²) in [7, 11) is 0. The van der Waals surface area contributed by atoms with Crippen molar-refractivity contribution in [3.05, 3.63) is 69.4 Å². The highest BCUT2D eigenvalue weighted by atomic mass is 16.2. The molecule has 1 saturated heterocycles. The molecule has 0 bridgehead atoms. The van der Waals surface area contributed by atoms with Crippen molar-refractivity contribution in [2.45, 2.75) is 38.6 Å². The summed E-state index contributed by atoms with van der Waals surface area (Å²) in [6, 6.07) is 14.8. The Balaban J connectivity index is 1.40. The van der Waals surface area contributed by atoms with E-state index in [9.17, 15) is 14.4 Å². The fourth-order valence-electron chi connectivity index (χ4n) is 3.99. The molecule has 7 heteroatoms. The number of H-pyrrole nitrogens is 1. The minimum atomic E-state index is -0.506. The first-order valence-electron chi connectivity index (χ1n) is 10.5. The lowest BCUT2D eigenvalue weighted by Crippen LogP contribution is -2.31. The lowest BCUT2D eigenvalue weighted by molar-refractivity contribution is -0.116. The van der Waals surface area contributed by atoms with E-state index >= 15 is 0 Å². The number of fused-ring (bicyclic) bond motifs is 1. The number of benzene rings is 2. The largest absolute Gasteiger partial charge is 0.372 e. The summed E-state index contributed by atoms with van der Waals surface area (Å²) >= 11 is 0. The van der Waals surface area contributed by atoms with E-state index in [-0.39, 0.29) is 18.9 Å². The van der Waals surface area contributed by atoms with Gasteiger partial charge in [0.15, 0.2) is 0 Å². The van der Waals surface area contributed by atoms with Crippen molar-refractivity contribution in [2.24, 2.45) is 0 Å². The van der Waals surface area contributed by atoms with Gasteiger partial charge in [0.1, 0.15) is 0 Å². The Labute approximate surface area is 174 Å². The molecule has 2 aromatic carbocycles. The second-order valence-electron chi connectivity index (χ2n) is 7.67. The van der Waals surface area contributed by atoms with E-state index in [2.05, 4.69) is 15.2 Å². The van der Waals surface area contributed by atoms with Crippen molar-refractivity contribution >= 4 is 28.2 Å². The Bertz CT molecular complexity index is 1140. The van der Waals surface area contributed by atoms with Crippen LogP contribution in [0.1, 0.15) is 32.1 Å². The van der Waals surface area contributed by atoms with Crippen LogP contribution in [0.4, 0.5) is 11.4 Å². The number of anilines is 2. The van der Waals surface area contributed by atoms with Crippen LogP contribution in [0.2, 0.25) is 0 Å². The molecule has 0 aliphatic carbocycles. The van der Waals surface area contributed by atoms with E-state index in [1.165, 1.54) is 35.9 Å². The Hall–Kier alpha value is -3.35. The van der Waals surface area contributed by atoms with Gasteiger partial charge in [0.05, 0.1) is 10.9 Å². The van der Waals surface area contributed by atoms with Crippen LogP contribution in [-0.4, -0.2) is 28.5 Å². The molecule has 2 N–H and O–H groups in total. The minimum absolute atomic E-state index is 0.129. The highest BCUT2D eigenvalue weighted by molar-refractivity contribution is 5.91. The molecule has 1 aliphatic heterocycles. The van der Waals surface area contributed by atoms with Gasteiger partial charge in [0, 0.05) is 37.4 Å². The second-order valence-corrected chi connectivity index (χ2v) is 7.67. The average molecular weight is 406 g/mol. The van der Waals surface area contributed by atoms with Gasteiger partial charge in [-0.3, -0.25) is 19.1 Å². The van der Waals surface area contributed by atoms with Gasteiger partial charge in [0.2, 0.25) is 5.91 Å². The van der Waals surface area contributed by atoms with Crippen molar-refractivity contribution < 1.29 is 4.79 Å². The molecule has 156 valence electrons. The van der Waals surface area contributed by atoms with Crippen LogP contribution in [0.5, 0.6) is 0 Å². The molecule has 7 nitrogen and oxygen atoms in total. The van der Waals surface area contributed by atoms with Crippen LogP contribution < -0.4 is 21.5 Å². The maximum Gasteiger partial charge on any atom is 0.328 e. The predicted octanol–water partition coefficient (Wildman–Crippen LogP) is 3.10. The summed E-state index contributed by atoms with van der Waals surface area (Å²) < 4.78 is 1.43. The number of carbonyl (C=O) groups is 1. The third-order valence-electron chi connectivity index (χ3n) is 5.59. The molecule has 0 saturated carbocycles. The number of amides is 1. The fraction of sp³-hybridized carbons (Fsp3) is 0.348. The second kappa shape index (κ2) is 8.98. The normalized spacial score (nSPS) is 14.5. The zero-order valence-corrected chi connectivity index (χ0v) is 16.9. The first-order chi connectivity index (χ1) is 14.6. The lowest BCUT2D eigenvalue weighted by atomic mass is 10.2. The molecule has 0 atom stereocenters. The van der Waals surface area contributed by atoms with Gasteiger partial charge < -0.3 is 10.2 Å². The van der Waals surface area contributed by atoms with E-state index in [1.807, 2.05) is 24.3 Å². The highest BCUT2D eigenvalue weighted by Gasteiger charge is 2.11. The number of aromatic amines is 1. The number of nitrogens with zero attached hydrogens (tertiary/aromatic N) is 2. The van der Waals surface area contributed by atoms with Crippen LogP contribution >= 0.6 is 0 Å². The zero-order valence-electron chi connectivity index (χ0n) is 16.9. The summed E-state index contributed by atoms with van der Waals surface area (Å²) in [5, 5.41) is 3.32. The molecule has 30 heavy (non-hydrogen) atoms. The Morgan fingerprint density at radius 3 is 2.37 bits per heavy atom. The molecule has 0 radical (unpaired) electrons. The zero-order chi connectivity index (χ0) is 20.9. The number of rotatable bonds is 5. The molecule has 1 aliphatic rings. The van der Waals surface area contributed by atoms with Gasteiger partial charge in [-0.05, 0) is 49.2 Å². The van der Waals surface area contributed by atoms with Crippen LogP contribution in [0, 0.1) is 0 Å². The fourth-order valence-corrected chi connectivity index (χ4v) is 3.99. The van der Waals surface area contributed by atoms with Gasteiger partial charge in [0.25, 0.3) is 5.56 Å². The van der Waals surface area contributed by atoms with Gasteiger partial charge >= 0.3 is 5.69 Å². The molecular formula is C23H26N4O3. The van der Waals surface area contributed by atoms with Crippen LogP contribution in [0.25, 0.3) is 10.9 Å². The monoisotopic (exact) mass is 406 g/mol. The Morgan fingerprint density at radius 2 is 1.63 bits per heavy atom. The third kappa shape index (κ3) is 4.45. The van der Waals surface area contributed by atoms with Gasteiger partial charge in [-0.1, -0.05) is 25.0 Å². The summed E-state index contributed by atoms with van der Waals surface area (Å²) in [4.78, 5) is 41.3. The summed E-state index contributed by atoms with van der Waals surface area (Å²) in [5.41, 5.74) is 1.52. The molecule has 1 amide bonds. The molecule has 4 rings (SSSR count). The molecule has 1 fully saturated rings. The molecule has 3 aromatic rings. The first-order valence-corrected chi connectivity index (χ1v) is 10.5. The lowest BCUT2D eigenvalue weighted by Gasteiger charge is -2.22. The summed E-state index contributed by atoms with van der Waals surface area (Å²) in [6.07, 6.45) is 5.15. The molecule has 1 aromatic heterocycles. The van der Waals surface area contributed by atoms with Gasteiger partial charge in [-0.2, -0.15) is 0 Å².